The van der Waals surface area contributed by atoms with Crippen LogP contribution in [0.15, 0.2) is 12.3 Å². The molecule has 0 saturated heterocycles. The molecule has 0 fully saturated rings. The van der Waals surface area contributed by atoms with E-state index in [-0.39, 0.29) is 24.6 Å². The Morgan fingerprint density at radius 1 is 1.33 bits per heavy atom. The summed E-state index contributed by atoms with van der Waals surface area (Å²) in [4.78, 5) is 28.6. The van der Waals surface area contributed by atoms with Crippen LogP contribution in [0.3, 0.4) is 0 Å². The van der Waals surface area contributed by atoms with E-state index in [1.165, 1.54) is 0 Å². The van der Waals surface area contributed by atoms with Gasteiger partial charge in [-0.25, -0.2) is 14.5 Å². The largest absolute Gasteiger partial charge is 0.452 e. The molecular formula is C17H24N4O3. The molecule has 2 aromatic heterocycles. The van der Waals surface area contributed by atoms with Gasteiger partial charge in [0.15, 0.2) is 12.3 Å². The lowest BCUT2D eigenvalue weighted by molar-refractivity contribution is -0.124. The van der Waals surface area contributed by atoms with Gasteiger partial charge in [0, 0.05) is 17.8 Å². The summed E-state index contributed by atoms with van der Waals surface area (Å²) in [6, 6.07) is 1.83. The molecule has 1 atom stereocenters. The highest BCUT2D eigenvalue weighted by Gasteiger charge is 2.19. The molecule has 24 heavy (non-hydrogen) atoms. The molecule has 0 saturated carbocycles. The number of nitrogens with zero attached hydrogens (tertiary/aromatic N) is 3. The number of amides is 1. The first-order chi connectivity index (χ1) is 11.3. The first-order valence-electron chi connectivity index (χ1n) is 8.14. The normalized spacial score (nSPS) is 12.4. The number of hydrogen-bond acceptors (Lipinski definition) is 5. The van der Waals surface area contributed by atoms with Crippen LogP contribution in [0.25, 0.3) is 11.0 Å². The summed E-state index contributed by atoms with van der Waals surface area (Å²) >= 11 is 0. The summed E-state index contributed by atoms with van der Waals surface area (Å²) in [5.41, 5.74) is 1.71. The second-order valence-electron chi connectivity index (χ2n) is 6.18. The maximum atomic E-state index is 12.4. The van der Waals surface area contributed by atoms with Gasteiger partial charge < -0.3 is 10.1 Å². The van der Waals surface area contributed by atoms with E-state index in [9.17, 15) is 9.59 Å². The molecule has 1 unspecified atom stereocenters. The molecule has 130 valence electrons. The first-order valence-corrected chi connectivity index (χ1v) is 8.14. The Balaban J connectivity index is 2.19. The van der Waals surface area contributed by atoms with E-state index >= 15 is 0 Å². The van der Waals surface area contributed by atoms with Crippen molar-refractivity contribution >= 4 is 22.9 Å². The Bertz CT molecular complexity index is 752. The Morgan fingerprint density at radius 2 is 2.04 bits per heavy atom. The van der Waals surface area contributed by atoms with Gasteiger partial charge in [-0.2, -0.15) is 5.10 Å². The standard InChI is InChI=1S/C17H24N4O3/c1-6-11(4)19-15(22)9-24-17(23)13-7-12(5)20-16-14(13)8-18-21(16)10(2)3/h7-8,10-11H,6,9H2,1-5H3,(H,19,22). The summed E-state index contributed by atoms with van der Waals surface area (Å²) in [7, 11) is 0. The molecule has 1 N–H and O–H groups in total. The van der Waals surface area contributed by atoms with Gasteiger partial charge in [-0.05, 0) is 40.2 Å². The third-order valence-corrected chi connectivity index (χ3v) is 3.76. The summed E-state index contributed by atoms with van der Waals surface area (Å²) in [6.07, 6.45) is 2.43. The molecule has 0 aliphatic heterocycles. The molecule has 2 heterocycles. The predicted octanol–water partition coefficient (Wildman–Crippen LogP) is 2.39. The van der Waals surface area contributed by atoms with Crippen LogP contribution in [0.2, 0.25) is 0 Å². The quantitative estimate of drug-likeness (QED) is 0.821. The minimum absolute atomic E-state index is 0.0513. The maximum absolute atomic E-state index is 12.4. The number of carbonyl (C=O) groups excluding carboxylic acids is 2. The summed E-state index contributed by atoms with van der Waals surface area (Å²) in [6.45, 7) is 9.37. The lowest BCUT2D eigenvalue weighted by Gasteiger charge is -2.12. The second-order valence-corrected chi connectivity index (χ2v) is 6.18. The van der Waals surface area contributed by atoms with Crippen LogP contribution in [-0.2, 0) is 9.53 Å². The van der Waals surface area contributed by atoms with Crippen molar-refractivity contribution in [2.24, 2.45) is 0 Å². The highest BCUT2D eigenvalue weighted by molar-refractivity contribution is 6.03. The fourth-order valence-corrected chi connectivity index (χ4v) is 2.32. The van der Waals surface area contributed by atoms with E-state index in [0.29, 0.717) is 22.3 Å². The minimum atomic E-state index is -0.548. The number of fused-ring (bicyclic) bond motifs is 1. The molecule has 0 radical (unpaired) electrons. The van der Waals surface area contributed by atoms with Gasteiger partial charge in [-0.1, -0.05) is 6.92 Å². The van der Waals surface area contributed by atoms with E-state index < -0.39 is 5.97 Å². The zero-order valence-corrected chi connectivity index (χ0v) is 14.8. The van der Waals surface area contributed by atoms with Crippen LogP contribution in [0, 0.1) is 6.92 Å². The molecule has 2 aromatic rings. The van der Waals surface area contributed by atoms with Gasteiger partial charge in [0.1, 0.15) is 0 Å². The highest BCUT2D eigenvalue weighted by Crippen LogP contribution is 2.21. The van der Waals surface area contributed by atoms with Crippen LogP contribution >= 0.6 is 0 Å². The number of aromatic nitrogens is 3. The van der Waals surface area contributed by atoms with Crippen molar-refractivity contribution in [1.29, 1.82) is 0 Å². The van der Waals surface area contributed by atoms with Gasteiger partial charge in [0.25, 0.3) is 5.91 Å². The lowest BCUT2D eigenvalue weighted by Crippen LogP contribution is -2.35. The van der Waals surface area contributed by atoms with Crippen LogP contribution in [0.5, 0.6) is 0 Å². The zero-order chi connectivity index (χ0) is 17.9. The van der Waals surface area contributed by atoms with Crippen molar-refractivity contribution in [3.63, 3.8) is 0 Å². The van der Waals surface area contributed by atoms with Crippen molar-refractivity contribution in [3.8, 4) is 0 Å². The van der Waals surface area contributed by atoms with Gasteiger partial charge in [0.05, 0.1) is 17.1 Å². The Labute approximate surface area is 141 Å². The first kappa shape index (κ1) is 17.9. The SMILES string of the molecule is CCC(C)NC(=O)COC(=O)c1cc(C)nc2c1cnn2C(C)C. The average molecular weight is 332 g/mol. The van der Waals surface area contributed by atoms with Crippen LogP contribution < -0.4 is 5.32 Å². The number of carbonyl (C=O) groups is 2. The number of aryl methyl sites for hydroxylation is 1. The Morgan fingerprint density at radius 3 is 2.67 bits per heavy atom. The average Bonchev–Trinajstić information content (AvgIpc) is 2.95. The van der Waals surface area contributed by atoms with Gasteiger partial charge >= 0.3 is 5.97 Å². The van der Waals surface area contributed by atoms with E-state index in [1.54, 1.807) is 16.9 Å². The number of rotatable bonds is 6. The van der Waals surface area contributed by atoms with Gasteiger partial charge in [0.2, 0.25) is 0 Å². The molecule has 7 nitrogen and oxygen atoms in total. The van der Waals surface area contributed by atoms with Crippen molar-refractivity contribution in [2.75, 3.05) is 6.61 Å². The molecule has 0 aromatic carbocycles. The maximum Gasteiger partial charge on any atom is 0.339 e. The summed E-state index contributed by atoms with van der Waals surface area (Å²) in [5, 5.41) is 7.68. The van der Waals surface area contributed by atoms with E-state index in [4.69, 9.17) is 4.74 Å². The molecule has 1 amide bonds. The summed E-state index contributed by atoms with van der Waals surface area (Å²) in [5.74, 6) is -0.856. The number of hydrogen-bond donors (Lipinski definition) is 1. The molecule has 2 rings (SSSR count). The monoisotopic (exact) mass is 332 g/mol. The third-order valence-electron chi connectivity index (χ3n) is 3.76. The van der Waals surface area contributed by atoms with E-state index in [2.05, 4.69) is 15.4 Å². The fourth-order valence-electron chi connectivity index (χ4n) is 2.32. The van der Waals surface area contributed by atoms with E-state index in [0.717, 1.165) is 6.42 Å². The Kier molecular flexibility index (Phi) is 5.54. The van der Waals surface area contributed by atoms with Crippen molar-refractivity contribution in [1.82, 2.24) is 20.1 Å². The van der Waals surface area contributed by atoms with Gasteiger partial charge in [-0.3, -0.25) is 4.79 Å². The molecule has 0 spiro atoms. The lowest BCUT2D eigenvalue weighted by atomic mass is 10.1. The number of ether oxygens (including phenoxy) is 1. The molecular weight excluding hydrogens is 308 g/mol. The molecule has 0 aliphatic rings. The zero-order valence-electron chi connectivity index (χ0n) is 14.8. The number of pyridine rings is 1. The topological polar surface area (TPSA) is 86.1 Å². The predicted molar refractivity (Wildman–Crippen MR) is 90.8 cm³/mol. The minimum Gasteiger partial charge on any atom is -0.452 e. The third kappa shape index (κ3) is 3.90. The van der Waals surface area contributed by atoms with Crippen molar-refractivity contribution in [2.45, 2.75) is 53.1 Å². The smallest absolute Gasteiger partial charge is 0.339 e. The number of nitrogens with one attached hydrogen (secondary N) is 1. The molecule has 7 heteroatoms. The van der Waals surface area contributed by atoms with Crippen LogP contribution in [0.1, 0.15) is 56.2 Å². The van der Waals surface area contributed by atoms with Crippen LogP contribution in [-0.4, -0.2) is 39.3 Å². The second kappa shape index (κ2) is 7.42. The number of esters is 1. The molecule has 0 aliphatic carbocycles. The van der Waals surface area contributed by atoms with Crippen LogP contribution in [0.4, 0.5) is 0 Å². The van der Waals surface area contributed by atoms with E-state index in [1.807, 2.05) is 34.6 Å². The van der Waals surface area contributed by atoms with Gasteiger partial charge in [-0.15, -0.1) is 0 Å². The fraction of sp³-hybridized carbons (Fsp3) is 0.529. The Hall–Kier alpha value is -2.44. The summed E-state index contributed by atoms with van der Waals surface area (Å²) < 4.78 is 6.91. The highest BCUT2D eigenvalue weighted by atomic mass is 16.5. The van der Waals surface area contributed by atoms with Crippen molar-refractivity contribution in [3.05, 3.63) is 23.5 Å². The molecule has 0 bridgehead atoms. The van der Waals surface area contributed by atoms with Crippen molar-refractivity contribution < 1.29 is 14.3 Å².